The second kappa shape index (κ2) is 8.98. The lowest BCUT2D eigenvalue weighted by atomic mass is 10.1. The van der Waals surface area contributed by atoms with Crippen LogP contribution in [0, 0.1) is 10.1 Å². The molecule has 0 aliphatic heterocycles. The molecule has 1 N–H and O–H groups in total. The number of nitrogens with one attached hydrogen (secondary N) is 1. The normalized spacial score (nSPS) is 10.2. The molecule has 0 aliphatic carbocycles. The van der Waals surface area contributed by atoms with E-state index in [9.17, 15) is 19.7 Å². The van der Waals surface area contributed by atoms with Crippen LogP contribution in [0.2, 0.25) is 0 Å². The second-order valence-electron chi connectivity index (χ2n) is 5.79. The largest absolute Gasteiger partial charge is 0.496 e. The first-order chi connectivity index (χ1) is 14.0. The van der Waals surface area contributed by atoms with Crippen LogP contribution < -0.4 is 10.1 Å². The minimum atomic E-state index is -0.690. The van der Waals surface area contributed by atoms with Gasteiger partial charge in [-0.15, -0.1) is 11.3 Å². The zero-order chi connectivity index (χ0) is 20.8. The number of thiophene rings is 1. The van der Waals surface area contributed by atoms with E-state index in [1.165, 1.54) is 36.6 Å². The Kier molecular flexibility index (Phi) is 6.20. The molecule has 0 spiro atoms. The molecule has 0 aliphatic rings. The maximum Gasteiger partial charge on any atom is 0.349 e. The number of anilines is 1. The minimum absolute atomic E-state index is 0.0158. The fourth-order valence-corrected chi connectivity index (χ4v) is 3.40. The third kappa shape index (κ3) is 4.77. The third-order valence-electron chi connectivity index (χ3n) is 3.95. The van der Waals surface area contributed by atoms with Gasteiger partial charge < -0.3 is 14.8 Å². The Morgan fingerprint density at radius 1 is 1.14 bits per heavy atom. The highest BCUT2D eigenvalue weighted by atomic mass is 32.1. The monoisotopic (exact) mass is 412 g/mol. The second-order valence-corrected chi connectivity index (χ2v) is 6.71. The summed E-state index contributed by atoms with van der Waals surface area (Å²) in [5, 5.41) is 15.3. The van der Waals surface area contributed by atoms with E-state index in [0.29, 0.717) is 10.4 Å². The number of rotatable bonds is 7. The van der Waals surface area contributed by atoms with Gasteiger partial charge in [0, 0.05) is 5.56 Å². The third-order valence-corrected chi connectivity index (χ3v) is 4.84. The van der Waals surface area contributed by atoms with Gasteiger partial charge in [0.25, 0.3) is 11.6 Å². The van der Waals surface area contributed by atoms with Crippen molar-refractivity contribution in [3.05, 3.63) is 75.0 Å². The number of benzene rings is 2. The Labute approximate surface area is 169 Å². The number of nitrogens with zero attached hydrogens (tertiary/aromatic N) is 1. The maximum atomic E-state index is 12.4. The maximum absolute atomic E-state index is 12.4. The van der Waals surface area contributed by atoms with E-state index in [0.717, 1.165) is 5.56 Å². The van der Waals surface area contributed by atoms with Crippen molar-refractivity contribution in [3.8, 4) is 16.9 Å². The van der Waals surface area contributed by atoms with E-state index in [1.54, 1.807) is 11.4 Å². The first-order valence-electron chi connectivity index (χ1n) is 8.42. The molecule has 0 radical (unpaired) electrons. The molecule has 1 heterocycles. The number of ether oxygens (including phenoxy) is 2. The Morgan fingerprint density at radius 2 is 1.90 bits per heavy atom. The summed E-state index contributed by atoms with van der Waals surface area (Å²) in [6.07, 6.45) is 0. The highest BCUT2D eigenvalue weighted by molar-refractivity contribution is 7.12. The fourth-order valence-electron chi connectivity index (χ4n) is 2.59. The van der Waals surface area contributed by atoms with Crippen LogP contribution in [0.1, 0.15) is 9.67 Å². The molecule has 0 saturated carbocycles. The van der Waals surface area contributed by atoms with Gasteiger partial charge in [-0.25, -0.2) is 4.79 Å². The molecule has 3 aromatic rings. The van der Waals surface area contributed by atoms with Crippen molar-refractivity contribution in [3.63, 3.8) is 0 Å². The minimum Gasteiger partial charge on any atom is -0.496 e. The summed E-state index contributed by atoms with van der Waals surface area (Å²) in [4.78, 5) is 35.4. The van der Waals surface area contributed by atoms with Crippen LogP contribution in [0.3, 0.4) is 0 Å². The van der Waals surface area contributed by atoms with Crippen LogP contribution in [0.25, 0.3) is 11.1 Å². The van der Waals surface area contributed by atoms with Crippen LogP contribution in [-0.2, 0) is 9.53 Å². The van der Waals surface area contributed by atoms with E-state index in [1.807, 2.05) is 30.3 Å². The van der Waals surface area contributed by atoms with Gasteiger partial charge in [0.1, 0.15) is 16.3 Å². The van der Waals surface area contributed by atoms with Crippen molar-refractivity contribution >= 4 is 34.6 Å². The van der Waals surface area contributed by atoms with Gasteiger partial charge in [0.05, 0.1) is 18.1 Å². The summed E-state index contributed by atoms with van der Waals surface area (Å²) in [6.45, 7) is -0.575. The summed E-state index contributed by atoms with van der Waals surface area (Å²) >= 11 is 1.21. The van der Waals surface area contributed by atoms with Crippen molar-refractivity contribution in [2.45, 2.75) is 0 Å². The van der Waals surface area contributed by atoms with Crippen molar-refractivity contribution in [1.82, 2.24) is 0 Å². The van der Waals surface area contributed by atoms with Crippen LogP contribution in [0.4, 0.5) is 11.4 Å². The van der Waals surface area contributed by atoms with Crippen LogP contribution in [-0.4, -0.2) is 30.5 Å². The van der Waals surface area contributed by atoms with Crippen molar-refractivity contribution in [2.75, 3.05) is 19.0 Å². The number of nitro benzene ring substituents is 1. The summed E-state index contributed by atoms with van der Waals surface area (Å²) in [5.74, 6) is -1.05. The number of nitro groups is 1. The predicted molar refractivity (Wildman–Crippen MR) is 108 cm³/mol. The number of esters is 1. The highest BCUT2D eigenvalue weighted by Crippen LogP contribution is 2.30. The van der Waals surface area contributed by atoms with E-state index in [-0.39, 0.29) is 17.1 Å². The molecular formula is C20H16N2O6S. The zero-order valence-electron chi connectivity index (χ0n) is 15.3. The standard InChI is InChI=1S/C20H16N2O6S/c1-27-14-7-8-16(17(11-14)22(25)26)21-18(23)12-28-20(24)19-15(9-10-29-19)13-5-3-2-4-6-13/h2-11H,12H2,1H3,(H,21,23). The smallest absolute Gasteiger partial charge is 0.349 e. The van der Waals surface area contributed by atoms with Crippen molar-refractivity contribution < 1.29 is 24.0 Å². The summed E-state index contributed by atoms with van der Waals surface area (Å²) in [6, 6.07) is 15.2. The lowest BCUT2D eigenvalue weighted by Crippen LogP contribution is -2.21. The fraction of sp³-hybridized carbons (Fsp3) is 0.100. The Morgan fingerprint density at radius 3 is 2.59 bits per heavy atom. The molecule has 3 rings (SSSR count). The molecule has 8 nitrogen and oxygen atoms in total. The topological polar surface area (TPSA) is 108 Å². The van der Waals surface area contributed by atoms with E-state index in [2.05, 4.69) is 5.32 Å². The molecule has 0 fully saturated rings. The Balaban J connectivity index is 1.66. The molecule has 0 unspecified atom stereocenters. The highest BCUT2D eigenvalue weighted by Gasteiger charge is 2.20. The van der Waals surface area contributed by atoms with E-state index in [4.69, 9.17) is 9.47 Å². The zero-order valence-corrected chi connectivity index (χ0v) is 16.1. The summed E-state index contributed by atoms with van der Waals surface area (Å²) in [5.41, 5.74) is 1.23. The van der Waals surface area contributed by atoms with Gasteiger partial charge in [0.2, 0.25) is 0 Å². The first kappa shape index (κ1) is 20.0. The molecule has 0 atom stereocenters. The molecular weight excluding hydrogens is 396 g/mol. The van der Waals surface area contributed by atoms with Gasteiger partial charge in [-0.3, -0.25) is 14.9 Å². The van der Waals surface area contributed by atoms with Crippen LogP contribution in [0.15, 0.2) is 60.0 Å². The lowest BCUT2D eigenvalue weighted by Gasteiger charge is -2.08. The van der Waals surface area contributed by atoms with Crippen molar-refractivity contribution in [1.29, 1.82) is 0 Å². The Hall–Kier alpha value is -3.72. The molecule has 0 saturated heterocycles. The molecule has 0 bridgehead atoms. The Bertz CT molecular complexity index is 1050. The lowest BCUT2D eigenvalue weighted by molar-refractivity contribution is -0.384. The average molecular weight is 412 g/mol. The quantitative estimate of drug-likeness (QED) is 0.355. The molecule has 148 valence electrons. The van der Waals surface area contributed by atoms with Gasteiger partial charge in [-0.2, -0.15) is 0 Å². The number of carbonyl (C=O) groups excluding carboxylic acids is 2. The number of hydrogen-bond acceptors (Lipinski definition) is 7. The molecule has 9 heteroatoms. The van der Waals surface area contributed by atoms with Gasteiger partial charge in [-0.05, 0) is 29.1 Å². The van der Waals surface area contributed by atoms with Gasteiger partial charge >= 0.3 is 5.97 Å². The molecule has 29 heavy (non-hydrogen) atoms. The van der Waals surface area contributed by atoms with Gasteiger partial charge in [-0.1, -0.05) is 30.3 Å². The number of carbonyl (C=O) groups is 2. The van der Waals surface area contributed by atoms with Crippen LogP contribution >= 0.6 is 11.3 Å². The number of hydrogen-bond donors (Lipinski definition) is 1. The van der Waals surface area contributed by atoms with E-state index < -0.39 is 23.4 Å². The van der Waals surface area contributed by atoms with Gasteiger partial charge in [0.15, 0.2) is 6.61 Å². The predicted octanol–water partition coefficient (Wildman–Crippen LogP) is 4.13. The number of methoxy groups -OCH3 is 1. The summed E-state index contributed by atoms with van der Waals surface area (Å²) < 4.78 is 10.0. The first-order valence-corrected chi connectivity index (χ1v) is 9.30. The summed E-state index contributed by atoms with van der Waals surface area (Å²) in [7, 11) is 1.38. The average Bonchev–Trinajstić information content (AvgIpc) is 3.23. The SMILES string of the molecule is COc1ccc(NC(=O)COC(=O)c2sccc2-c2ccccc2)c([N+](=O)[O-])c1. The van der Waals surface area contributed by atoms with E-state index >= 15 is 0 Å². The molecule has 1 aromatic heterocycles. The van der Waals surface area contributed by atoms with Crippen molar-refractivity contribution in [2.24, 2.45) is 0 Å². The molecule has 2 aromatic carbocycles. The molecule has 1 amide bonds. The van der Waals surface area contributed by atoms with Crippen LogP contribution in [0.5, 0.6) is 5.75 Å². The number of amides is 1.